The quantitative estimate of drug-likeness (QED) is 0.576. The number of aryl methyl sites for hydroxylation is 1. The Kier molecular flexibility index (Phi) is 6.28. The number of carboxylic acids is 1. The Labute approximate surface area is 170 Å². The maximum atomic E-state index is 14.0. The van der Waals surface area contributed by atoms with Crippen LogP contribution in [-0.4, -0.2) is 27.4 Å². The number of benzene rings is 2. The summed E-state index contributed by atoms with van der Waals surface area (Å²) in [5.74, 6) is -3.04. The molecule has 0 spiro atoms. The van der Waals surface area contributed by atoms with Gasteiger partial charge >= 0.3 is 5.97 Å². The Morgan fingerprint density at radius 2 is 1.93 bits per heavy atom. The summed E-state index contributed by atoms with van der Waals surface area (Å²) in [4.78, 5) is 11.7. The van der Waals surface area contributed by atoms with Crippen LogP contribution in [0.5, 0.6) is 0 Å². The third kappa shape index (κ3) is 4.46. The highest BCUT2D eigenvalue weighted by Crippen LogP contribution is 2.19. The van der Waals surface area contributed by atoms with Crippen molar-refractivity contribution in [2.45, 2.75) is 26.8 Å². The number of halogens is 2. The van der Waals surface area contributed by atoms with E-state index in [-0.39, 0.29) is 17.8 Å². The number of aromatic nitrogens is 2. The van der Waals surface area contributed by atoms with Gasteiger partial charge in [-0.2, -0.15) is 5.10 Å². The van der Waals surface area contributed by atoms with Gasteiger partial charge in [0.25, 0.3) is 0 Å². The molecule has 3 rings (SSSR count). The van der Waals surface area contributed by atoms with E-state index in [2.05, 4.69) is 19.7 Å². The van der Waals surface area contributed by atoms with Gasteiger partial charge < -0.3 is 10.4 Å². The fourth-order valence-corrected chi connectivity index (χ4v) is 3.49. The zero-order valence-electron chi connectivity index (χ0n) is 16.2. The normalized spacial score (nSPS) is 10.9. The third-order valence-electron chi connectivity index (χ3n) is 4.90. The molecule has 0 aliphatic rings. The zero-order chi connectivity index (χ0) is 21.1. The lowest BCUT2D eigenvalue weighted by molar-refractivity contribution is 0.0688. The van der Waals surface area contributed by atoms with Gasteiger partial charge in [0.05, 0.1) is 6.54 Å². The zero-order valence-corrected chi connectivity index (χ0v) is 17.3. The van der Waals surface area contributed by atoms with Crippen LogP contribution < -0.4 is 10.6 Å². The molecule has 8 heteroatoms. The van der Waals surface area contributed by atoms with Crippen molar-refractivity contribution in [3.63, 3.8) is 0 Å². The highest BCUT2D eigenvalue weighted by Gasteiger charge is 2.21. The van der Waals surface area contributed by atoms with Crippen LogP contribution in [0.25, 0.3) is 0 Å². The highest BCUT2D eigenvalue weighted by atomic mass is 31.0. The molecule has 152 valence electrons. The molecule has 3 aromatic rings. The van der Waals surface area contributed by atoms with Gasteiger partial charge in [0.1, 0.15) is 0 Å². The molecule has 0 saturated carbocycles. The average molecular weight is 417 g/mol. The summed E-state index contributed by atoms with van der Waals surface area (Å²) < 4.78 is 28.9. The van der Waals surface area contributed by atoms with Gasteiger partial charge in [-0.3, -0.25) is 4.68 Å². The second kappa shape index (κ2) is 8.70. The molecule has 0 radical (unpaired) electrons. The van der Waals surface area contributed by atoms with Crippen LogP contribution in [0.3, 0.4) is 0 Å². The lowest BCUT2D eigenvalue weighted by atomic mass is 10.1. The summed E-state index contributed by atoms with van der Waals surface area (Å²) in [5.41, 5.74) is 3.31. The molecule has 1 unspecified atom stereocenters. The molecule has 1 aromatic heterocycles. The molecule has 2 aromatic carbocycles. The first-order valence-electron chi connectivity index (χ1n) is 9.11. The number of nitrogens with one attached hydrogen (secondary N) is 1. The minimum atomic E-state index is -1.15. The highest BCUT2D eigenvalue weighted by molar-refractivity contribution is 7.28. The van der Waals surface area contributed by atoms with Crippen LogP contribution in [0, 0.1) is 25.5 Å². The second-order valence-corrected chi connectivity index (χ2v) is 7.38. The van der Waals surface area contributed by atoms with Gasteiger partial charge in [0.2, 0.25) is 0 Å². The topological polar surface area (TPSA) is 67.2 Å². The van der Waals surface area contributed by atoms with E-state index in [9.17, 15) is 18.7 Å². The van der Waals surface area contributed by atoms with Crippen LogP contribution >= 0.6 is 9.24 Å². The first-order valence-corrected chi connectivity index (χ1v) is 9.68. The van der Waals surface area contributed by atoms with Gasteiger partial charge in [-0.15, -0.1) is 9.24 Å². The third-order valence-corrected chi connectivity index (χ3v) is 5.67. The smallest absolute Gasteiger partial charge is 0.356 e. The van der Waals surface area contributed by atoms with Gasteiger partial charge in [0, 0.05) is 29.1 Å². The summed E-state index contributed by atoms with van der Waals surface area (Å²) in [6, 6.07) is 9.83. The molecule has 5 nitrogen and oxygen atoms in total. The molecule has 0 amide bonds. The molecule has 29 heavy (non-hydrogen) atoms. The minimum absolute atomic E-state index is 0.0449. The summed E-state index contributed by atoms with van der Waals surface area (Å²) in [6.45, 7) is 4.21. The van der Waals surface area contributed by atoms with Gasteiger partial charge in [-0.1, -0.05) is 24.3 Å². The number of hydrogen-bond acceptors (Lipinski definition) is 3. The predicted octanol–water partition coefficient (Wildman–Crippen LogP) is 3.68. The second-order valence-electron chi connectivity index (χ2n) is 6.80. The number of hydrogen-bond donors (Lipinski definition) is 2. The predicted molar refractivity (Wildman–Crippen MR) is 112 cm³/mol. The van der Waals surface area contributed by atoms with E-state index in [0.717, 1.165) is 22.6 Å². The molecule has 1 heterocycles. The Morgan fingerprint density at radius 3 is 2.66 bits per heavy atom. The van der Waals surface area contributed by atoms with Crippen molar-refractivity contribution in [2.75, 3.05) is 11.9 Å². The molecule has 2 N–H and O–H groups in total. The number of nitrogens with zero attached hydrogens (tertiary/aromatic N) is 2. The first kappa shape index (κ1) is 20.9. The van der Waals surface area contributed by atoms with E-state index in [0.29, 0.717) is 24.2 Å². The molecule has 0 fully saturated rings. The Balaban J connectivity index is 1.82. The van der Waals surface area contributed by atoms with Crippen molar-refractivity contribution < 1.29 is 18.7 Å². The molecule has 0 bridgehead atoms. The molecular weight excluding hydrogens is 395 g/mol. The van der Waals surface area contributed by atoms with Gasteiger partial charge in [-0.25, -0.2) is 13.6 Å². The fraction of sp³-hybridized carbons (Fsp3) is 0.238. The van der Waals surface area contributed by atoms with Crippen molar-refractivity contribution in [2.24, 2.45) is 0 Å². The van der Waals surface area contributed by atoms with Crippen LogP contribution in [0.15, 0.2) is 36.4 Å². The lowest BCUT2D eigenvalue weighted by Crippen LogP contribution is -2.13. The van der Waals surface area contributed by atoms with E-state index < -0.39 is 17.6 Å². The van der Waals surface area contributed by atoms with Crippen LogP contribution in [-0.2, 0) is 13.0 Å². The van der Waals surface area contributed by atoms with E-state index in [1.807, 2.05) is 25.1 Å². The summed E-state index contributed by atoms with van der Waals surface area (Å²) in [7, 11) is 2.70. The number of anilines is 1. The Hall–Kier alpha value is -2.79. The van der Waals surface area contributed by atoms with Crippen LogP contribution in [0.4, 0.5) is 14.5 Å². The van der Waals surface area contributed by atoms with Crippen LogP contribution in [0.1, 0.15) is 32.9 Å². The average Bonchev–Trinajstić information content (AvgIpc) is 2.99. The molecule has 1 atom stereocenters. The van der Waals surface area contributed by atoms with Gasteiger partial charge in [-0.05, 0) is 43.3 Å². The van der Waals surface area contributed by atoms with Crippen molar-refractivity contribution in [3.8, 4) is 0 Å². The Bertz CT molecular complexity index is 1070. The van der Waals surface area contributed by atoms with E-state index in [1.54, 1.807) is 6.92 Å². The molecular formula is C21H22F2N3O2P. The SMILES string of the molecule is Cc1cccc(NCCc2c(C(=O)O)nn(Cc3cccc(F)c3F)c2C)c1P. The number of carbonyl (C=O) groups is 1. The van der Waals surface area contributed by atoms with E-state index in [1.165, 1.54) is 16.8 Å². The van der Waals surface area contributed by atoms with Crippen molar-refractivity contribution in [1.82, 2.24) is 9.78 Å². The summed E-state index contributed by atoms with van der Waals surface area (Å²) in [5, 5.41) is 18.0. The lowest BCUT2D eigenvalue weighted by Gasteiger charge is -2.11. The maximum absolute atomic E-state index is 14.0. The largest absolute Gasteiger partial charge is 0.476 e. The van der Waals surface area contributed by atoms with Gasteiger partial charge in [0.15, 0.2) is 17.3 Å². The molecule has 0 saturated heterocycles. The standard InChI is InChI=1S/C21H22F2N3O2P/c1-12-5-3-8-17(20(12)29)24-10-9-15-13(2)26(25-19(15)21(27)28)11-14-6-4-7-16(22)18(14)23/h3-8,24H,9-11,29H2,1-2H3,(H,27,28). The number of rotatable bonds is 7. The number of carboxylic acid groups (broad SMARTS) is 1. The Morgan fingerprint density at radius 1 is 1.21 bits per heavy atom. The number of aromatic carboxylic acids is 1. The summed E-state index contributed by atoms with van der Waals surface area (Å²) >= 11 is 0. The molecule has 0 aliphatic heterocycles. The molecule has 0 aliphatic carbocycles. The van der Waals surface area contributed by atoms with Crippen molar-refractivity contribution in [3.05, 3.63) is 76.1 Å². The first-order chi connectivity index (χ1) is 13.8. The van der Waals surface area contributed by atoms with Crippen LogP contribution in [0.2, 0.25) is 0 Å². The monoisotopic (exact) mass is 417 g/mol. The van der Waals surface area contributed by atoms with E-state index >= 15 is 0 Å². The maximum Gasteiger partial charge on any atom is 0.356 e. The summed E-state index contributed by atoms with van der Waals surface area (Å²) in [6.07, 6.45) is 0.428. The minimum Gasteiger partial charge on any atom is -0.476 e. The fourth-order valence-electron chi connectivity index (χ4n) is 3.20. The van der Waals surface area contributed by atoms with Crippen molar-refractivity contribution >= 4 is 26.2 Å². The van der Waals surface area contributed by atoms with Crippen molar-refractivity contribution in [1.29, 1.82) is 0 Å². The van der Waals surface area contributed by atoms with E-state index in [4.69, 9.17) is 0 Å².